The van der Waals surface area contributed by atoms with E-state index in [1.807, 2.05) is 19.9 Å². The van der Waals surface area contributed by atoms with Crippen LogP contribution in [-0.4, -0.2) is 31.6 Å². The van der Waals surface area contributed by atoms with E-state index in [0.29, 0.717) is 33.8 Å². The number of imide groups is 2. The number of nitrogens with zero attached hydrogens (tertiary/aromatic N) is 1. The molecule has 1 saturated heterocycles. The molecule has 0 atom stereocenters. The summed E-state index contributed by atoms with van der Waals surface area (Å²) in [4.78, 5) is 39.0. The van der Waals surface area contributed by atoms with Gasteiger partial charge in [0.15, 0.2) is 11.5 Å². The van der Waals surface area contributed by atoms with E-state index in [4.69, 9.17) is 9.47 Å². The molecule has 31 heavy (non-hydrogen) atoms. The highest BCUT2D eigenvalue weighted by atomic mass is 79.9. The second kappa shape index (κ2) is 9.34. The van der Waals surface area contributed by atoms with Gasteiger partial charge < -0.3 is 9.47 Å². The predicted octanol–water partition coefficient (Wildman–Crippen LogP) is 4.53. The van der Waals surface area contributed by atoms with Gasteiger partial charge in [0.25, 0.3) is 11.8 Å². The van der Waals surface area contributed by atoms with Gasteiger partial charge in [-0.2, -0.15) is 0 Å². The van der Waals surface area contributed by atoms with Gasteiger partial charge in [0.05, 0.1) is 23.9 Å². The third-order valence-electron chi connectivity index (χ3n) is 4.71. The number of anilines is 1. The molecule has 0 aliphatic carbocycles. The Labute approximate surface area is 189 Å². The maximum absolute atomic E-state index is 13.1. The fraction of sp³-hybridized carbons (Fsp3) is 0.261. The molecule has 1 aliphatic heterocycles. The lowest BCUT2D eigenvalue weighted by molar-refractivity contribution is -0.122. The summed E-state index contributed by atoms with van der Waals surface area (Å²) >= 11 is 3.45. The molecular formula is C23H23BrN2O5. The quantitative estimate of drug-likeness (QED) is 0.478. The lowest BCUT2D eigenvalue weighted by Gasteiger charge is -2.27. The average Bonchev–Trinajstić information content (AvgIpc) is 2.71. The minimum absolute atomic E-state index is 0.157. The molecule has 1 aliphatic rings. The molecule has 8 heteroatoms. The Morgan fingerprint density at radius 2 is 1.87 bits per heavy atom. The molecule has 0 saturated carbocycles. The van der Waals surface area contributed by atoms with E-state index in [1.54, 1.807) is 31.2 Å². The molecule has 0 bridgehead atoms. The lowest BCUT2D eigenvalue weighted by atomic mass is 10.0. The number of carbonyl (C=O) groups is 3. The van der Waals surface area contributed by atoms with E-state index in [0.717, 1.165) is 22.4 Å². The van der Waals surface area contributed by atoms with Gasteiger partial charge in [0.2, 0.25) is 0 Å². The number of hydrogen-bond donors (Lipinski definition) is 1. The lowest BCUT2D eigenvalue weighted by Crippen LogP contribution is -2.54. The summed E-state index contributed by atoms with van der Waals surface area (Å²) in [6.07, 6.45) is 2.26. The largest absolute Gasteiger partial charge is 0.493 e. The van der Waals surface area contributed by atoms with Crippen molar-refractivity contribution in [2.45, 2.75) is 27.2 Å². The second-order valence-corrected chi connectivity index (χ2v) is 7.98. The average molecular weight is 487 g/mol. The molecule has 2 aromatic carbocycles. The molecule has 7 nitrogen and oxygen atoms in total. The van der Waals surface area contributed by atoms with Gasteiger partial charge in [-0.3, -0.25) is 14.9 Å². The summed E-state index contributed by atoms with van der Waals surface area (Å²) in [5.74, 6) is -0.446. The van der Waals surface area contributed by atoms with E-state index in [1.165, 1.54) is 13.2 Å². The number of urea groups is 1. The molecule has 4 amide bonds. The molecule has 1 fully saturated rings. The van der Waals surface area contributed by atoms with Crippen LogP contribution >= 0.6 is 15.9 Å². The zero-order valence-corrected chi connectivity index (χ0v) is 19.3. The van der Waals surface area contributed by atoms with Gasteiger partial charge in [0.1, 0.15) is 5.57 Å². The van der Waals surface area contributed by atoms with Crippen molar-refractivity contribution in [2.24, 2.45) is 0 Å². The fourth-order valence-electron chi connectivity index (χ4n) is 3.27. The van der Waals surface area contributed by atoms with Gasteiger partial charge in [-0.1, -0.05) is 24.6 Å². The Bertz CT molecular complexity index is 1090. The molecular weight excluding hydrogens is 464 g/mol. The van der Waals surface area contributed by atoms with Crippen LogP contribution in [0.3, 0.4) is 0 Å². The van der Waals surface area contributed by atoms with Crippen LogP contribution in [0.5, 0.6) is 11.5 Å². The van der Waals surface area contributed by atoms with E-state index in [-0.39, 0.29) is 5.57 Å². The third kappa shape index (κ3) is 4.64. The molecule has 1 N–H and O–H groups in total. The number of carbonyl (C=O) groups excluding carboxylic acids is 3. The van der Waals surface area contributed by atoms with Crippen molar-refractivity contribution in [3.05, 3.63) is 57.1 Å². The molecule has 0 radical (unpaired) electrons. The van der Waals surface area contributed by atoms with Crippen LogP contribution in [0.25, 0.3) is 6.08 Å². The minimum Gasteiger partial charge on any atom is -0.493 e. The van der Waals surface area contributed by atoms with Gasteiger partial charge >= 0.3 is 6.03 Å². The van der Waals surface area contributed by atoms with Crippen molar-refractivity contribution >= 4 is 45.5 Å². The molecule has 0 unspecified atom stereocenters. The number of hydrogen-bond acceptors (Lipinski definition) is 5. The highest BCUT2D eigenvalue weighted by Gasteiger charge is 2.37. The van der Waals surface area contributed by atoms with Crippen molar-refractivity contribution in [1.82, 2.24) is 5.32 Å². The summed E-state index contributed by atoms with van der Waals surface area (Å²) in [6, 6.07) is 7.97. The summed E-state index contributed by atoms with van der Waals surface area (Å²) < 4.78 is 11.7. The van der Waals surface area contributed by atoms with E-state index >= 15 is 0 Å². The minimum atomic E-state index is -0.777. The zero-order valence-electron chi connectivity index (χ0n) is 17.7. The van der Waals surface area contributed by atoms with Crippen LogP contribution < -0.4 is 19.7 Å². The van der Waals surface area contributed by atoms with Gasteiger partial charge in [-0.25, -0.2) is 9.69 Å². The molecule has 162 valence electrons. The van der Waals surface area contributed by atoms with Gasteiger partial charge in [-0.15, -0.1) is 0 Å². The van der Waals surface area contributed by atoms with E-state index < -0.39 is 17.8 Å². The smallest absolute Gasteiger partial charge is 0.335 e. The Balaban J connectivity index is 2.03. The Hall–Kier alpha value is -3.13. The van der Waals surface area contributed by atoms with Crippen LogP contribution in [0.2, 0.25) is 0 Å². The molecule has 3 rings (SSSR count). The van der Waals surface area contributed by atoms with Crippen LogP contribution in [0, 0.1) is 13.8 Å². The van der Waals surface area contributed by atoms with Gasteiger partial charge in [-0.05, 0) is 71.6 Å². The first-order valence-corrected chi connectivity index (χ1v) is 10.5. The van der Waals surface area contributed by atoms with Crippen LogP contribution in [0.15, 0.2) is 40.4 Å². The third-order valence-corrected chi connectivity index (χ3v) is 5.30. The maximum atomic E-state index is 13.1. The highest BCUT2D eigenvalue weighted by molar-refractivity contribution is 9.10. The number of amides is 4. The molecule has 1 heterocycles. The predicted molar refractivity (Wildman–Crippen MR) is 121 cm³/mol. The zero-order chi connectivity index (χ0) is 22.7. The maximum Gasteiger partial charge on any atom is 0.335 e. The van der Waals surface area contributed by atoms with Crippen LogP contribution in [0.4, 0.5) is 10.5 Å². The van der Waals surface area contributed by atoms with E-state index in [2.05, 4.69) is 21.2 Å². The van der Waals surface area contributed by atoms with E-state index in [9.17, 15) is 14.4 Å². The first kappa shape index (κ1) is 22.6. The topological polar surface area (TPSA) is 84.9 Å². The number of halogens is 1. The van der Waals surface area contributed by atoms with Crippen molar-refractivity contribution < 1.29 is 23.9 Å². The summed E-state index contributed by atoms with van der Waals surface area (Å²) in [5, 5.41) is 2.24. The van der Waals surface area contributed by atoms with Crippen LogP contribution in [-0.2, 0) is 9.59 Å². The number of ether oxygens (including phenoxy) is 2. The number of aryl methyl sites for hydroxylation is 2. The Morgan fingerprint density at radius 3 is 2.52 bits per heavy atom. The Kier molecular flexibility index (Phi) is 6.80. The van der Waals surface area contributed by atoms with Crippen molar-refractivity contribution in [3.63, 3.8) is 0 Å². The van der Waals surface area contributed by atoms with Crippen molar-refractivity contribution in [1.29, 1.82) is 0 Å². The summed E-state index contributed by atoms with van der Waals surface area (Å²) in [7, 11) is 1.51. The number of benzene rings is 2. The summed E-state index contributed by atoms with van der Waals surface area (Å²) in [6.45, 7) is 6.24. The molecule has 0 spiro atoms. The normalized spacial score (nSPS) is 15.3. The standard InChI is InChI=1S/C23H23BrN2O5/c1-5-8-31-20-17(24)11-15(12-19(20)30-4)10-16-21(27)25-23(29)26(22(16)28)18-7-6-13(2)9-14(18)3/h6-7,9-12H,5,8H2,1-4H3,(H,25,27,29)/b16-10+. The molecule has 0 aromatic heterocycles. The van der Waals surface area contributed by atoms with Crippen LogP contribution in [0.1, 0.15) is 30.0 Å². The van der Waals surface area contributed by atoms with Crippen molar-refractivity contribution in [3.8, 4) is 11.5 Å². The summed E-state index contributed by atoms with van der Waals surface area (Å²) in [5.41, 5.74) is 2.56. The number of methoxy groups -OCH3 is 1. The fourth-order valence-corrected chi connectivity index (χ4v) is 3.84. The second-order valence-electron chi connectivity index (χ2n) is 7.13. The highest BCUT2D eigenvalue weighted by Crippen LogP contribution is 2.37. The first-order valence-electron chi connectivity index (χ1n) is 9.75. The number of rotatable bonds is 6. The van der Waals surface area contributed by atoms with Crippen molar-refractivity contribution in [2.75, 3.05) is 18.6 Å². The SMILES string of the molecule is CCCOc1c(Br)cc(/C=C2\C(=O)NC(=O)N(c3ccc(C)cc3C)C2=O)cc1OC. The monoisotopic (exact) mass is 486 g/mol. The number of nitrogens with one attached hydrogen (secondary N) is 1. The first-order chi connectivity index (χ1) is 14.8. The number of barbiturate groups is 1. The Morgan fingerprint density at radius 1 is 1.13 bits per heavy atom. The van der Waals surface area contributed by atoms with Gasteiger partial charge in [0, 0.05) is 0 Å². The molecule has 2 aromatic rings.